The molecule has 0 bridgehead atoms. The van der Waals surface area contributed by atoms with Crippen LogP contribution in [0.4, 0.5) is 4.79 Å². The van der Waals surface area contributed by atoms with Crippen LogP contribution in [0.25, 0.3) is 0 Å². The first-order valence-electron chi connectivity index (χ1n) is 4.27. The molecule has 1 rings (SSSR count). The Morgan fingerprint density at radius 2 is 2.14 bits per heavy atom. The Morgan fingerprint density at radius 3 is 2.50 bits per heavy atom. The number of carboxylic acids is 1. The Balaban J connectivity index is 2.65. The Kier molecular flexibility index (Phi) is 3.29. The molecule has 1 saturated heterocycles. The van der Waals surface area contributed by atoms with E-state index < -0.39 is 18.1 Å². The molecule has 2 atom stereocenters. The molecule has 0 radical (unpaired) electrons. The molecule has 0 aliphatic carbocycles. The molecule has 1 fully saturated rings. The predicted molar refractivity (Wildman–Crippen MR) is 46.1 cm³/mol. The van der Waals surface area contributed by atoms with Gasteiger partial charge in [-0.1, -0.05) is 0 Å². The maximum Gasteiger partial charge on any atom is 0.408 e. The summed E-state index contributed by atoms with van der Waals surface area (Å²) in [5, 5.41) is 17.5. The second-order valence-corrected chi connectivity index (χ2v) is 3.35. The highest BCUT2D eigenvalue weighted by atomic mass is 16.5. The van der Waals surface area contributed by atoms with Crippen molar-refractivity contribution in [3.05, 3.63) is 0 Å². The van der Waals surface area contributed by atoms with Crippen molar-refractivity contribution < 1.29 is 24.5 Å². The number of aliphatic carboxylic acids is 1. The topological polar surface area (TPSA) is 87.1 Å². The molecule has 0 aromatic heterocycles. The summed E-state index contributed by atoms with van der Waals surface area (Å²) in [5.74, 6) is -1.11. The molecular formula is C8H13NO5. The predicted octanol–water partition coefficient (Wildman–Crippen LogP) is 0.0859. The van der Waals surface area contributed by atoms with E-state index in [1.54, 1.807) is 0 Å². The van der Waals surface area contributed by atoms with Gasteiger partial charge in [0.1, 0.15) is 6.04 Å². The van der Waals surface area contributed by atoms with E-state index in [2.05, 4.69) is 0 Å². The summed E-state index contributed by atoms with van der Waals surface area (Å²) in [6.07, 6.45) is -0.855. The molecular weight excluding hydrogens is 190 g/mol. The molecule has 0 aromatic rings. The van der Waals surface area contributed by atoms with Crippen molar-refractivity contribution in [1.82, 2.24) is 4.90 Å². The number of hydrogen-bond donors (Lipinski definition) is 2. The molecule has 2 N–H and O–H groups in total. The van der Waals surface area contributed by atoms with Gasteiger partial charge in [0.05, 0.1) is 6.61 Å². The fourth-order valence-electron chi connectivity index (χ4n) is 1.72. The van der Waals surface area contributed by atoms with E-state index in [-0.39, 0.29) is 12.5 Å². The van der Waals surface area contributed by atoms with Crippen molar-refractivity contribution in [2.45, 2.75) is 12.5 Å². The standard InChI is InChI=1S/C8H13NO5/c1-14-4-5-2-6(7(10)11)9(3-5)8(12)13/h5-6H,2-4H2,1H3,(H,10,11)(H,12,13). The van der Waals surface area contributed by atoms with Gasteiger partial charge in [-0.15, -0.1) is 0 Å². The number of ether oxygens (including phenoxy) is 1. The van der Waals surface area contributed by atoms with E-state index >= 15 is 0 Å². The van der Waals surface area contributed by atoms with Gasteiger partial charge < -0.3 is 14.9 Å². The lowest BCUT2D eigenvalue weighted by molar-refractivity contribution is -0.141. The molecule has 1 amide bonds. The fraction of sp³-hybridized carbons (Fsp3) is 0.750. The SMILES string of the molecule is COCC1CC(C(=O)O)N(C(=O)O)C1. The molecule has 2 unspecified atom stereocenters. The molecule has 1 aliphatic heterocycles. The molecule has 6 heteroatoms. The summed E-state index contributed by atoms with van der Waals surface area (Å²) in [7, 11) is 1.51. The molecule has 0 aromatic carbocycles. The fourth-order valence-corrected chi connectivity index (χ4v) is 1.72. The first kappa shape index (κ1) is 10.8. The van der Waals surface area contributed by atoms with Crippen molar-refractivity contribution in [1.29, 1.82) is 0 Å². The molecule has 6 nitrogen and oxygen atoms in total. The number of amides is 1. The van der Waals surface area contributed by atoms with Crippen LogP contribution in [0.1, 0.15) is 6.42 Å². The first-order valence-corrected chi connectivity index (χ1v) is 4.27. The van der Waals surface area contributed by atoms with Crippen molar-refractivity contribution >= 4 is 12.1 Å². The molecule has 80 valence electrons. The number of likely N-dealkylation sites (tertiary alicyclic amines) is 1. The molecule has 0 spiro atoms. The lowest BCUT2D eigenvalue weighted by Gasteiger charge is -2.16. The minimum absolute atomic E-state index is 0.0165. The minimum Gasteiger partial charge on any atom is -0.480 e. The summed E-state index contributed by atoms with van der Waals surface area (Å²) >= 11 is 0. The third-order valence-electron chi connectivity index (χ3n) is 2.32. The summed E-state index contributed by atoms with van der Waals surface area (Å²) in [4.78, 5) is 22.4. The highest BCUT2D eigenvalue weighted by Gasteiger charge is 2.39. The van der Waals surface area contributed by atoms with Gasteiger partial charge in [-0.3, -0.25) is 4.90 Å². The lowest BCUT2D eigenvalue weighted by Crippen LogP contribution is -2.39. The largest absolute Gasteiger partial charge is 0.480 e. The van der Waals surface area contributed by atoms with E-state index in [9.17, 15) is 9.59 Å². The van der Waals surface area contributed by atoms with Gasteiger partial charge in [0.15, 0.2) is 0 Å². The Morgan fingerprint density at radius 1 is 1.50 bits per heavy atom. The van der Waals surface area contributed by atoms with Gasteiger partial charge in [0.25, 0.3) is 0 Å². The van der Waals surface area contributed by atoms with Crippen LogP contribution >= 0.6 is 0 Å². The quantitative estimate of drug-likeness (QED) is 0.678. The Bertz CT molecular complexity index is 220. The number of rotatable bonds is 3. The second-order valence-electron chi connectivity index (χ2n) is 3.35. The molecule has 14 heavy (non-hydrogen) atoms. The van der Waals surface area contributed by atoms with Gasteiger partial charge in [0.2, 0.25) is 0 Å². The average molecular weight is 203 g/mol. The van der Waals surface area contributed by atoms with Crippen LogP contribution in [0.15, 0.2) is 0 Å². The van der Waals surface area contributed by atoms with Crippen molar-refractivity contribution in [2.24, 2.45) is 5.92 Å². The zero-order chi connectivity index (χ0) is 10.7. The minimum atomic E-state index is -1.18. The maximum atomic E-state index is 10.7. The van der Waals surface area contributed by atoms with E-state index in [0.29, 0.717) is 13.0 Å². The monoisotopic (exact) mass is 203 g/mol. The zero-order valence-corrected chi connectivity index (χ0v) is 7.84. The lowest BCUT2D eigenvalue weighted by atomic mass is 10.1. The van der Waals surface area contributed by atoms with E-state index in [1.807, 2.05) is 0 Å². The number of nitrogens with zero attached hydrogens (tertiary/aromatic N) is 1. The van der Waals surface area contributed by atoms with Crippen LogP contribution in [-0.2, 0) is 9.53 Å². The van der Waals surface area contributed by atoms with Crippen LogP contribution in [0.2, 0.25) is 0 Å². The van der Waals surface area contributed by atoms with Crippen LogP contribution in [0.5, 0.6) is 0 Å². The second kappa shape index (κ2) is 4.28. The van der Waals surface area contributed by atoms with E-state index in [0.717, 1.165) is 4.90 Å². The first-order chi connectivity index (χ1) is 6.56. The third-order valence-corrected chi connectivity index (χ3v) is 2.32. The van der Waals surface area contributed by atoms with Crippen molar-refractivity contribution in [3.8, 4) is 0 Å². The number of carboxylic acid groups (broad SMARTS) is 2. The summed E-state index contributed by atoms with van der Waals surface area (Å²) < 4.78 is 4.87. The van der Waals surface area contributed by atoms with Crippen LogP contribution in [-0.4, -0.2) is 53.5 Å². The van der Waals surface area contributed by atoms with Crippen LogP contribution in [0, 0.1) is 5.92 Å². The van der Waals surface area contributed by atoms with Gasteiger partial charge in [-0.25, -0.2) is 9.59 Å². The molecule has 1 heterocycles. The highest BCUT2D eigenvalue weighted by molar-refractivity contribution is 5.80. The van der Waals surface area contributed by atoms with E-state index in [4.69, 9.17) is 14.9 Å². The molecule has 1 aliphatic rings. The van der Waals surface area contributed by atoms with Crippen LogP contribution in [0.3, 0.4) is 0 Å². The Hall–Kier alpha value is -1.30. The van der Waals surface area contributed by atoms with Crippen molar-refractivity contribution in [3.63, 3.8) is 0 Å². The number of carbonyl (C=O) groups is 2. The number of hydrogen-bond acceptors (Lipinski definition) is 3. The summed E-state index contributed by atoms with van der Waals surface area (Å²) in [6, 6.07) is -0.923. The van der Waals surface area contributed by atoms with Gasteiger partial charge in [-0.05, 0) is 6.42 Å². The normalized spacial score (nSPS) is 26.5. The zero-order valence-electron chi connectivity index (χ0n) is 7.84. The highest BCUT2D eigenvalue weighted by Crippen LogP contribution is 2.23. The van der Waals surface area contributed by atoms with Gasteiger partial charge in [-0.2, -0.15) is 0 Å². The third kappa shape index (κ3) is 2.14. The maximum absolute atomic E-state index is 10.7. The van der Waals surface area contributed by atoms with Gasteiger partial charge >= 0.3 is 12.1 Å². The smallest absolute Gasteiger partial charge is 0.408 e. The van der Waals surface area contributed by atoms with Gasteiger partial charge in [0, 0.05) is 19.6 Å². The average Bonchev–Trinajstić information content (AvgIpc) is 2.49. The van der Waals surface area contributed by atoms with Crippen LogP contribution < -0.4 is 0 Å². The number of methoxy groups -OCH3 is 1. The Labute approximate surface area is 81.1 Å². The summed E-state index contributed by atoms with van der Waals surface area (Å²) in [6.45, 7) is 0.633. The van der Waals surface area contributed by atoms with Crippen molar-refractivity contribution in [2.75, 3.05) is 20.3 Å². The summed E-state index contributed by atoms with van der Waals surface area (Å²) in [5.41, 5.74) is 0. The molecule has 0 saturated carbocycles. The van der Waals surface area contributed by atoms with E-state index in [1.165, 1.54) is 7.11 Å².